The van der Waals surface area contributed by atoms with Gasteiger partial charge < -0.3 is 14.8 Å². The van der Waals surface area contributed by atoms with Crippen LogP contribution in [0.25, 0.3) is 0 Å². The normalized spacial score (nSPS) is 42.7. The van der Waals surface area contributed by atoms with E-state index >= 15 is 0 Å². The first-order valence-corrected chi connectivity index (χ1v) is 3.39. The number of ether oxygens (including phenoxy) is 2. The summed E-state index contributed by atoms with van der Waals surface area (Å²) in [4.78, 5) is 0. The van der Waals surface area contributed by atoms with E-state index in [9.17, 15) is 0 Å². The third-order valence-electron chi connectivity index (χ3n) is 1.89. The molecule has 2 fully saturated rings. The predicted octanol–water partition coefficient (Wildman–Crippen LogP) is -0.626. The van der Waals surface area contributed by atoms with Gasteiger partial charge >= 0.3 is 0 Å². The highest BCUT2D eigenvalue weighted by Crippen LogP contribution is 2.11. The van der Waals surface area contributed by atoms with Crippen LogP contribution in [0.15, 0.2) is 0 Å². The monoisotopic (exact) mass is 129 g/mol. The van der Waals surface area contributed by atoms with E-state index in [1.54, 1.807) is 0 Å². The average Bonchev–Trinajstić information content (AvgIpc) is 1.94. The molecule has 0 aromatic heterocycles. The van der Waals surface area contributed by atoms with E-state index < -0.39 is 0 Å². The smallest absolute Gasteiger partial charge is 0.0875 e. The Balaban J connectivity index is 1.90. The zero-order valence-corrected chi connectivity index (χ0v) is 5.30. The van der Waals surface area contributed by atoms with E-state index in [2.05, 4.69) is 5.32 Å². The third-order valence-corrected chi connectivity index (χ3v) is 1.89. The Bertz CT molecular complexity index is 95.2. The van der Waals surface area contributed by atoms with Crippen molar-refractivity contribution >= 4 is 0 Å². The van der Waals surface area contributed by atoms with Crippen molar-refractivity contribution in [3.05, 3.63) is 0 Å². The zero-order chi connectivity index (χ0) is 6.10. The van der Waals surface area contributed by atoms with Crippen LogP contribution in [0.5, 0.6) is 0 Å². The molecule has 3 heteroatoms. The van der Waals surface area contributed by atoms with E-state index in [1.807, 2.05) is 0 Å². The van der Waals surface area contributed by atoms with Crippen molar-refractivity contribution in [2.75, 3.05) is 26.4 Å². The molecule has 2 saturated heterocycles. The van der Waals surface area contributed by atoms with Crippen molar-refractivity contribution in [1.29, 1.82) is 0 Å². The van der Waals surface area contributed by atoms with Crippen LogP contribution in [0.1, 0.15) is 0 Å². The molecule has 0 aromatic rings. The molecule has 2 heterocycles. The lowest BCUT2D eigenvalue weighted by atomic mass is 10.1. The number of rotatable bonds is 0. The summed E-state index contributed by atoms with van der Waals surface area (Å²) in [6.45, 7) is 3.36. The molecule has 0 spiro atoms. The summed E-state index contributed by atoms with van der Waals surface area (Å²) >= 11 is 0. The minimum atomic E-state index is 0.437. The van der Waals surface area contributed by atoms with Crippen LogP contribution >= 0.6 is 0 Å². The summed E-state index contributed by atoms with van der Waals surface area (Å²) in [6.07, 6.45) is 0.437. The molecule has 0 amide bonds. The number of hydrogen-bond donors (Lipinski definition) is 1. The molecule has 1 N–H and O–H groups in total. The predicted molar refractivity (Wildman–Crippen MR) is 32.3 cm³/mol. The van der Waals surface area contributed by atoms with Gasteiger partial charge in [-0.2, -0.15) is 0 Å². The maximum Gasteiger partial charge on any atom is 0.0875 e. The van der Waals surface area contributed by atoms with Gasteiger partial charge in [-0.3, -0.25) is 0 Å². The Morgan fingerprint density at radius 2 is 2.33 bits per heavy atom. The lowest BCUT2D eigenvalue weighted by Crippen LogP contribution is -2.59. The van der Waals surface area contributed by atoms with Crippen molar-refractivity contribution in [1.82, 2.24) is 5.32 Å². The largest absolute Gasteiger partial charge is 0.377 e. The van der Waals surface area contributed by atoms with Crippen molar-refractivity contribution in [2.45, 2.75) is 12.1 Å². The van der Waals surface area contributed by atoms with Gasteiger partial charge in [-0.05, 0) is 0 Å². The fraction of sp³-hybridized carbons (Fsp3) is 1.00. The van der Waals surface area contributed by atoms with Crippen LogP contribution in [0, 0.1) is 0 Å². The van der Waals surface area contributed by atoms with Crippen LogP contribution in [0.2, 0.25) is 0 Å². The van der Waals surface area contributed by atoms with E-state index in [-0.39, 0.29) is 0 Å². The Morgan fingerprint density at radius 1 is 1.33 bits per heavy atom. The lowest BCUT2D eigenvalue weighted by molar-refractivity contribution is 0.000912. The number of fused-ring (bicyclic) bond motifs is 1. The fourth-order valence-corrected chi connectivity index (χ4v) is 1.19. The summed E-state index contributed by atoms with van der Waals surface area (Å²) in [7, 11) is 0. The van der Waals surface area contributed by atoms with Crippen LogP contribution < -0.4 is 5.32 Å². The van der Waals surface area contributed by atoms with Gasteiger partial charge in [0.15, 0.2) is 0 Å². The Labute approximate surface area is 54.3 Å². The van der Waals surface area contributed by atoms with Gasteiger partial charge in [0, 0.05) is 6.54 Å². The second-order valence-corrected chi connectivity index (χ2v) is 2.50. The molecule has 2 aliphatic heterocycles. The van der Waals surface area contributed by atoms with Gasteiger partial charge in [0.05, 0.1) is 32.0 Å². The Morgan fingerprint density at radius 3 is 3.11 bits per heavy atom. The minimum absolute atomic E-state index is 0.437. The maximum atomic E-state index is 5.41. The van der Waals surface area contributed by atoms with Crippen molar-refractivity contribution < 1.29 is 9.47 Å². The van der Waals surface area contributed by atoms with Crippen molar-refractivity contribution in [3.63, 3.8) is 0 Å². The summed E-state index contributed by atoms with van der Waals surface area (Å²) in [5, 5.41) is 3.24. The summed E-state index contributed by atoms with van der Waals surface area (Å²) in [5.74, 6) is 0. The van der Waals surface area contributed by atoms with Gasteiger partial charge in [0.25, 0.3) is 0 Å². The first-order chi connectivity index (χ1) is 4.47. The van der Waals surface area contributed by atoms with Gasteiger partial charge in [-0.25, -0.2) is 0 Å². The van der Waals surface area contributed by atoms with Crippen LogP contribution in [-0.4, -0.2) is 38.5 Å². The zero-order valence-electron chi connectivity index (χ0n) is 5.30. The molecule has 0 bridgehead atoms. The van der Waals surface area contributed by atoms with Crippen molar-refractivity contribution in [2.24, 2.45) is 0 Å². The van der Waals surface area contributed by atoms with Crippen molar-refractivity contribution in [3.8, 4) is 0 Å². The molecule has 3 nitrogen and oxygen atoms in total. The first kappa shape index (κ1) is 5.65. The number of hydrogen-bond acceptors (Lipinski definition) is 3. The molecular weight excluding hydrogens is 118 g/mol. The highest BCUT2D eigenvalue weighted by atomic mass is 16.5. The molecule has 0 saturated carbocycles. The molecular formula is C6H11NO2. The highest BCUT2D eigenvalue weighted by Gasteiger charge is 2.32. The third kappa shape index (κ3) is 0.956. The van der Waals surface area contributed by atoms with Gasteiger partial charge in [0.2, 0.25) is 0 Å². The van der Waals surface area contributed by atoms with E-state index in [4.69, 9.17) is 9.47 Å². The average molecular weight is 129 g/mol. The van der Waals surface area contributed by atoms with Crippen LogP contribution in [0.4, 0.5) is 0 Å². The quantitative estimate of drug-likeness (QED) is 0.472. The minimum Gasteiger partial charge on any atom is -0.377 e. The van der Waals surface area contributed by atoms with Gasteiger partial charge in [-0.1, -0.05) is 0 Å². The summed E-state index contributed by atoms with van der Waals surface area (Å²) < 4.78 is 10.7. The molecule has 2 aliphatic rings. The van der Waals surface area contributed by atoms with Crippen LogP contribution in [0.3, 0.4) is 0 Å². The fourth-order valence-electron chi connectivity index (χ4n) is 1.19. The Kier molecular flexibility index (Phi) is 1.41. The molecule has 9 heavy (non-hydrogen) atoms. The second-order valence-electron chi connectivity index (χ2n) is 2.50. The first-order valence-electron chi connectivity index (χ1n) is 3.39. The lowest BCUT2D eigenvalue weighted by Gasteiger charge is -2.35. The SMILES string of the molecule is C1COC2CNC2CO1. The highest BCUT2D eigenvalue weighted by molar-refractivity contribution is 4.89. The second kappa shape index (κ2) is 2.25. The van der Waals surface area contributed by atoms with Gasteiger partial charge in [-0.15, -0.1) is 0 Å². The molecule has 2 rings (SSSR count). The van der Waals surface area contributed by atoms with E-state index in [0.717, 1.165) is 26.4 Å². The molecule has 0 aromatic carbocycles. The molecule has 0 radical (unpaired) electrons. The maximum absolute atomic E-state index is 5.41. The topological polar surface area (TPSA) is 30.5 Å². The summed E-state index contributed by atoms with van der Waals surface area (Å²) in [5.41, 5.74) is 0. The Hall–Kier alpha value is -0.120. The van der Waals surface area contributed by atoms with E-state index in [1.165, 1.54) is 0 Å². The molecule has 2 atom stereocenters. The van der Waals surface area contributed by atoms with Crippen LogP contribution in [-0.2, 0) is 9.47 Å². The van der Waals surface area contributed by atoms with Gasteiger partial charge in [0.1, 0.15) is 0 Å². The molecule has 2 unspecified atom stereocenters. The molecule has 0 aliphatic carbocycles. The summed E-state index contributed by atoms with van der Waals surface area (Å²) in [6, 6.07) is 0.479. The number of nitrogens with one attached hydrogen (secondary N) is 1. The standard InChI is InChI=1S/C6H11NO2/c1-2-9-6-3-7-5(6)4-8-1/h5-7H,1-4H2. The molecule has 52 valence electrons. The van der Waals surface area contributed by atoms with E-state index in [0.29, 0.717) is 12.1 Å².